The molecule has 0 unspecified atom stereocenters. The molecule has 0 aliphatic rings. The first-order valence-electron chi connectivity index (χ1n) is 7.86. The lowest BCUT2D eigenvalue weighted by atomic mass is 10.1. The van der Waals surface area contributed by atoms with Crippen LogP contribution in [0.3, 0.4) is 0 Å². The highest BCUT2D eigenvalue weighted by Gasteiger charge is 2.75. The number of ether oxygens (including phenoxy) is 1. The molecule has 0 aromatic heterocycles. The van der Waals surface area contributed by atoms with Crippen molar-refractivity contribution in [2.45, 2.75) is 34.0 Å². The fourth-order valence-electron chi connectivity index (χ4n) is 2.05. The molecule has 0 spiro atoms. The van der Waals surface area contributed by atoms with Crippen molar-refractivity contribution in [1.29, 1.82) is 0 Å². The van der Waals surface area contributed by atoms with Crippen LogP contribution in [0.4, 0.5) is 40.8 Å². The van der Waals surface area contributed by atoms with Crippen LogP contribution in [-0.2, 0) is 29.2 Å². The van der Waals surface area contributed by atoms with Gasteiger partial charge in [0.05, 0.1) is 9.82 Å². The van der Waals surface area contributed by atoms with Gasteiger partial charge in [-0.1, -0.05) is 0 Å². The van der Waals surface area contributed by atoms with Crippen LogP contribution in [0.15, 0.2) is 28.0 Å². The maximum atomic E-state index is 13.4. The molecule has 0 aliphatic heterocycles. The molecule has 19 heteroatoms. The summed E-state index contributed by atoms with van der Waals surface area (Å²) in [5.74, 6) is -23.6. The minimum absolute atomic E-state index is 0.300. The molecule has 1 rings (SSSR count). The van der Waals surface area contributed by atoms with Crippen LogP contribution in [0.2, 0.25) is 0 Å². The van der Waals surface area contributed by atoms with Gasteiger partial charge >= 0.3 is 30.2 Å². The zero-order valence-corrected chi connectivity index (χ0v) is 17.4. The topological polar surface area (TPSA) is 138 Å². The summed E-state index contributed by atoms with van der Waals surface area (Å²) in [5.41, 5.74) is -1.36. The Labute approximate surface area is 179 Å². The molecule has 9 nitrogen and oxygen atoms in total. The van der Waals surface area contributed by atoms with Gasteiger partial charge in [-0.3, -0.25) is 14.9 Å². The third-order valence-electron chi connectivity index (χ3n) is 3.76. The van der Waals surface area contributed by atoms with Crippen LogP contribution >= 0.6 is 0 Å². The van der Waals surface area contributed by atoms with Gasteiger partial charge in [0.25, 0.3) is 5.69 Å². The number of sulfone groups is 2. The maximum absolute atomic E-state index is 13.4. The number of alkyl halides is 8. The Kier molecular flexibility index (Phi) is 7.76. The van der Waals surface area contributed by atoms with E-state index in [4.69, 9.17) is 0 Å². The summed E-state index contributed by atoms with van der Waals surface area (Å²) in [7, 11) is -9.22. The molecule has 1 aromatic carbocycles. The van der Waals surface area contributed by atoms with Gasteiger partial charge in [0, 0.05) is 12.3 Å². The molecule has 0 N–H and O–H groups in total. The van der Waals surface area contributed by atoms with Crippen molar-refractivity contribution in [2.75, 3.05) is 18.6 Å². The van der Waals surface area contributed by atoms with E-state index < -0.39 is 82.6 Å². The molecule has 0 amide bonds. The highest BCUT2D eigenvalue weighted by Crippen LogP contribution is 2.48. The van der Waals surface area contributed by atoms with E-state index in [2.05, 4.69) is 4.74 Å². The summed E-state index contributed by atoms with van der Waals surface area (Å²) in [6.07, 6.45) is -4.62. The number of hydrogen-bond acceptors (Lipinski definition) is 8. The minimum atomic E-state index is -6.71. The predicted octanol–water partition coefficient (Wildman–Crippen LogP) is 2.49. The number of nitro benzene ring substituents is 1. The van der Waals surface area contributed by atoms with Crippen molar-refractivity contribution in [3.8, 4) is 0 Å². The quantitative estimate of drug-likeness (QED) is 0.192. The molecule has 0 saturated carbocycles. The Balaban J connectivity index is 3.15. The number of halogens is 8. The van der Waals surface area contributed by atoms with Crippen molar-refractivity contribution in [3.05, 3.63) is 28.3 Å². The number of nitrogens with zero attached hydrogens (tertiary/aromatic N) is 1. The van der Waals surface area contributed by atoms with Crippen LogP contribution < -0.4 is 0 Å². The molecule has 0 bridgehead atoms. The van der Waals surface area contributed by atoms with Crippen molar-refractivity contribution < 1.29 is 66.4 Å². The van der Waals surface area contributed by atoms with E-state index in [0.29, 0.717) is 24.5 Å². The summed E-state index contributed by atoms with van der Waals surface area (Å²) in [4.78, 5) is 19.2. The number of carbonyl (C=O) groups is 1. The number of benzene rings is 1. The zero-order valence-electron chi connectivity index (χ0n) is 15.8. The van der Waals surface area contributed by atoms with Gasteiger partial charge < -0.3 is 4.74 Å². The van der Waals surface area contributed by atoms with Crippen LogP contribution in [0.1, 0.15) is 0 Å². The van der Waals surface area contributed by atoms with Crippen LogP contribution in [-0.4, -0.2) is 70.5 Å². The largest absolute Gasteiger partial charge is 0.458 e. The van der Waals surface area contributed by atoms with Gasteiger partial charge in [-0.15, -0.1) is 0 Å². The monoisotopic (exact) mass is 537 g/mol. The highest BCUT2D eigenvalue weighted by molar-refractivity contribution is 7.92. The number of carbonyl (C=O) groups excluding carboxylic acids is 1. The lowest BCUT2D eigenvalue weighted by molar-refractivity contribution is -0.388. The second-order valence-corrected chi connectivity index (χ2v) is 10.3. The van der Waals surface area contributed by atoms with E-state index in [-0.39, 0.29) is 0 Å². The van der Waals surface area contributed by atoms with E-state index >= 15 is 0 Å². The van der Waals surface area contributed by atoms with Crippen molar-refractivity contribution in [1.82, 2.24) is 0 Å². The maximum Gasteiger partial charge on any atom is 0.381 e. The first-order chi connectivity index (χ1) is 14.6. The predicted molar refractivity (Wildman–Crippen MR) is 90.1 cm³/mol. The number of rotatable bonds is 10. The molecule has 33 heavy (non-hydrogen) atoms. The summed E-state index contributed by atoms with van der Waals surface area (Å²) in [6, 6.07) is 1.26. The van der Waals surface area contributed by atoms with E-state index in [1.807, 2.05) is 0 Å². The molecule has 0 radical (unpaired) electrons. The fourth-order valence-corrected chi connectivity index (χ4v) is 3.97. The molecule has 0 atom stereocenters. The molecule has 0 aliphatic carbocycles. The molecule has 188 valence electrons. The third kappa shape index (κ3) is 5.87. The van der Waals surface area contributed by atoms with Crippen LogP contribution in [0.5, 0.6) is 0 Å². The number of nitro groups is 1. The fraction of sp³-hybridized carbons (Fsp3) is 0.500. The highest BCUT2D eigenvalue weighted by atomic mass is 32.2. The zero-order chi connectivity index (χ0) is 26.2. The van der Waals surface area contributed by atoms with E-state index in [1.165, 1.54) is 0 Å². The smallest absolute Gasteiger partial charge is 0.381 e. The number of hydrogen-bond donors (Lipinski definition) is 0. The number of esters is 1. The summed E-state index contributed by atoms with van der Waals surface area (Å²) in [5, 5.41) is 11.1. The van der Waals surface area contributed by atoms with Gasteiger partial charge in [-0.05, 0) is 12.1 Å². The average molecular weight is 537 g/mol. The SMILES string of the molecule is CS(=O)(=O)c1ccc(S(=O)(=O)CC(=O)OCC(F)(F)C(F)(F)C(F)(F)C(F)F)c([N+](=O)[O-])c1. The van der Waals surface area contributed by atoms with Gasteiger partial charge in [0.1, 0.15) is 4.90 Å². The Morgan fingerprint density at radius 2 is 1.61 bits per heavy atom. The summed E-state index contributed by atoms with van der Waals surface area (Å²) >= 11 is 0. The normalized spacial score (nSPS) is 13.8. The Morgan fingerprint density at radius 1 is 1.09 bits per heavy atom. The van der Waals surface area contributed by atoms with Crippen LogP contribution in [0.25, 0.3) is 0 Å². The molecule has 0 fully saturated rings. The van der Waals surface area contributed by atoms with Gasteiger partial charge in [-0.2, -0.15) is 26.3 Å². The third-order valence-corrected chi connectivity index (χ3v) is 6.51. The first kappa shape index (κ1) is 28.5. The van der Waals surface area contributed by atoms with E-state index in [1.54, 1.807) is 0 Å². The molecular formula is C14H11F8NO8S2. The van der Waals surface area contributed by atoms with Crippen LogP contribution in [0, 0.1) is 10.1 Å². The second kappa shape index (κ2) is 8.99. The average Bonchev–Trinajstić information content (AvgIpc) is 2.64. The Bertz CT molecular complexity index is 1150. The van der Waals surface area contributed by atoms with Gasteiger partial charge in [0.2, 0.25) is 0 Å². The lowest BCUT2D eigenvalue weighted by Crippen LogP contribution is -2.59. The molecule has 0 saturated heterocycles. The van der Waals surface area contributed by atoms with Crippen molar-refractivity contribution >= 4 is 31.3 Å². The summed E-state index contributed by atoms with van der Waals surface area (Å²) < 4.78 is 153. The Hall–Kier alpha value is -2.57. The van der Waals surface area contributed by atoms with Crippen molar-refractivity contribution in [2.24, 2.45) is 0 Å². The lowest BCUT2D eigenvalue weighted by Gasteiger charge is -2.31. The summed E-state index contributed by atoms with van der Waals surface area (Å²) in [6.45, 7) is -2.94. The molecular weight excluding hydrogens is 526 g/mol. The molecule has 0 heterocycles. The van der Waals surface area contributed by atoms with E-state index in [9.17, 15) is 66.9 Å². The Morgan fingerprint density at radius 3 is 2.03 bits per heavy atom. The first-order valence-corrected chi connectivity index (χ1v) is 11.4. The second-order valence-electron chi connectivity index (χ2n) is 6.28. The standard InChI is InChI=1S/C14H11F8NO8S2/c1-32(27,28)7-2-3-9(8(4-7)23(25)26)33(29,30)5-10(24)31-6-12(17,18)14(21,22)13(19,20)11(15)16/h2-4,11H,5-6H2,1H3. The van der Waals surface area contributed by atoms with Crippen molar-refractivity contribution in [3.63, 3.8) is 0 Å². The van der Waals surface area contributed by atoms with Gasteiger partial charge in [0.15, 0.2) is 32.0 Å². The minimum Gasteiger partial charge on any atom is -0.458 e. The molecule has 1 aromatic rings. The van der Waals surface area contributed by atoms with Gasteiger partial charge in [-0.25, -0.2) is 25.6 Å². The van der Waals surface area contributed by atoms with E-state index in [0.717, 1.165) is 0 Å².